The Balaban J connectivity index is 0.00000225. The zero-order chi connectivity index (χ0) is 18.8. The zero-order valence-corrected chi connectivity index (χ0v) is 17.7. The summed E-state index contributed by atoms with van der Waals surface area (Å²) in [5.74, 6) is -0.544. The second kappa shape index (κ2) is 8.81. The molecule has 0 amide bonds. The Kier molecular flexibility index (Phi) is 6.43. The molecule has 7 heteroatoms. The average Bonchev–Trinajstić information content (AvgIpc) is 3.43. The molecule has 1 heterocycles. The molecule has 2 aromatic carbocycles. The normalized spacial score (nSPS) is 18.5. The molecule has 1 fully saturated rings. The van der Waals surface area contributed by atoms with Crippen LogP contribution in [0.2, 0.25) is 0 Å². The van der Waals surface area contributed by atoms with Gasteiger partial charge in [-0.05, 0) is 36.2 Å². The van der Waals surface area contributed by atoms with Gasteiger partial charge >= 0.3 is 0 Å². The molecule has 3 aromatic rings. The van der Waals surface area contributed by atoms with Crippen LogP contribution in [0.3, 0.4) is 0 Å². The van der Waals surface area contributed by atoms with Gasteiger partial charge in [-0.1, -0.05) is 24.3 Å². The molecule has 0 bridgehead atoms. The van der Waals surface area contributed by atoms with E-state index in [1.807, 2.05) is 30.3 Å². The Labute approximate surface area is 179 Å². The summed E-state index contributed by atoms with van der Waals surface area (Å²) in [5, 5.41) is 7.61. The first-order valence-corrected chi connectivity index (χ1v) is 8.91. The highest BCUT2D eigenvalue weighted by molar-refractivity contribution is 14.0. The minimum atomic E-state index is -0.490. The number of fused-ring (bicyclic) bond motifs is 1. The van der Waals surface area contributed by atoms with E-state index in [-0.39, 0.29) is 41.5 Å². The maximum absolute atomic E-state index is 13.9. The maximum atomic E-state index is 13.9. The number of aromatic nitrogens is 1. The molecule has 0 saturated heterocycles. The molecule has 1 saturated carbocycles. The number of pyridine rings is 1. The van der Waals surface area contributed by atoms with E-state index in [4.69, 9.17) is 0 Å². The minimum Gasteiger partial charge on any atom is -0.353 e. The molecule has 4 rings (SSSR count). The Morgan fingerprint density at radius 1 is 1.11 bits per heavy atom. The standard InChI is InChI=1S/C21H20F2N4.HI/c1-24-21(26-12-13-9-10-25-18-8-3-2-5-14(13)18)27-19-11-15(19)20-16(22)6-4-7-17(20)23;/h2-10,15,19H,11-12H2,1H3,(H2,24,26,27);1H. The van der Waals surface area contributed by atoms with Crippen LogP contribution < -0.4 is 10.6 Å². The summed E-state index contributed by atoms with van der Waals surface area (Å²) in [7, 11) is 1.68. The first-order valence-electron chi connectivity index (χ1n) is 8.91. The van der Waals surface area contributed by atoms with Gasteiger partial charge in [-0.15, -0.1) is 24.0 Å². The van der Waals surface area contributed by atoms with Crippen molar-refractivity contribution in [3.8, 4) is 0 Å². The lowest BCUT2D eigenvalue weighted by atomic mass is 10.1. The van der Waals surface area contributed by atoms with Gasteiger partial charge in [-0.2, -0.15) is 0 Å². The van der Waals surface area contributed by atoms with Crippen molar-refractivity contribution in [2.75, 3.05) is 7.05 Å². The maximum Gasteiger partial charge on any atom is 0.191 e. The van der Waals surface area contributed by atoms with Crippen LogP contribution in [0.25, 0.3) is 10.9 Å². The summed E-state index contributed by atoms with van der Waals surface area (Å²) in [6.45, 7) is 0.578. The fourth-order valence-corrected chi connectivity index (χ4v) is 3.40. The van der Waals surface area contributed by atoms with Crippen molar-refractivity contribution in [3.05, 3.63) is 77.5 Å². The molecule has 2 unspecified atom stereocenters. The van der Waals surface area contributed by atoms with Crippen LogP contribution >= 0.6 is 24.0 Å². The van der Waals surface area contributed by atoms with Gasteiger partial charge in [0, 0.05) is 42.7 Å². The predicted octanol–water partition coefficient (Wildman–Crippen LogP) is 4.35. The molecule has 2 atom stereocenters. The van der Waals surface area contributed by atoms with E-state index in [2.05, 4.69) is 20.6 Å². The molecule has 0 radical (unpaired) electrons. The molecule has 28 heavy (non-hydrogen) atoms. The van der Waals surface area contributed by atoms with E-state index in [0.29, 0.717) is 18.9 Å². The van der Waals surface area contributed by atoms with Crippen molar-refractivity contribution in [2.45, 2.75) is 24.9 Å². The van der Waals surface area contributed by atoms with Crippen LogP contribution in [0.5, 0.6) is 0 Å². The van der Waals surface area contributed by atoms with Crippen LogP contribution in [0.15, 0.2) is 59.7 Å². The summed E-state index contributed by atoms with van der Waals surface area (Å²) >= 11 is 0. The number of nitrogens with zero attached hydrogens (tertiary/aromatic N) is 2. The second-order valence-electron chi connectivity index (χ2n) is 6.64. The number of halogens is 3. The first kappa shape index (κ1) is 20.4. The van der Waals surface area contributed by atoms with Crippen molar-refractivity contribution in [1.29, 1.82) is 0 Å². The quantitative estimate of drug-likeness (QED) is 0.322. The highest BCUT2D eigenvalue weighted by atomic mass is 127. The summed E-state index contributed by atoms with van der Waals surface area (Å²) in [6.07, 6.45) is 2.46. The SMILES string of the molecule is CN=C(NCc1ccnc2ccccc12)NC1CC1c1c(F)cccc1F.I. The van der Waals surface area contributed by atoms with Crippen molar-refractivity contribution in [1.82, 2.24) is 15.6 Å². The molecule has 0 spiro atoms. The largest absolute Gasteiger partial charge is 0.353 e. The average molecular weight is 494 g/mol. The van der Waals surface area contributed by atoms with Crippen LogP contribution in [-0.4, -0.2) is 24.0 Å². The van der Waals surface area contributed by atoms with Crippen molar-refractivity contribution < 1.29 is 8.78 Å². The third-order valence-electron chi connectivity index (χ3n) is 4.89. The summed E-state index contributed by atoms with van der Waals surface area (Å²) < 4.78 is 27.9. The molecular formula is C21H21F2IN4. The number of aliphatic imine (C=N–C) groups is 1. The Morgan fingerprint density at radius 2 is 1.86 bits per heavy atom. The third-order valence-corrected chi connectivity index (χ3v) is 4.89. The molecule has 1 aliphatic rings. The Hall–Kier alpha value is -2.29. The molecule has 1 aromatic heterocycles. The number of hydrogen-bond donors (Lipinski definition) is 2. The summed E-state index contributed by atoms with van der Waals surface area (Å²) in [5.41, 5.74) is 2.21. The highest BCUT2D eigenvalue weighted by Gasteiger charge is 2.42. The van der Waals surface area contributed by atoms with Gasteiger partial charge in [0.15, 0.2) is 5.96 Å². The lowest BCUT2D eigenvalue weighted by Gasteiger charge is -2.13. The second-order valence-corrected chi connectivity index (χ2v) is 6.64. The van der Waals surface area contributed by atoms with Crippen molar-refractivity contribution >= 4 is 40.8 Å². The molecule has 146 valence electrons. The van der Waals surface area contributed by atoms with E-state index in [1.54, 1.807) is 13.2 Å². The fraction of sp³-hybridized carbons (Fsp3) is 0.238. The summed E-state index contributed by atoms with van der Waals surface area (Å²) in [6, 6.07) is 13.9. The highest BCUT2D eigenvalue weighted by Crippen LogP contribution is 2.43. The van der Waals surface area contributed by atoms with E-state index in [9.17, 15) is 8.78 Å². The van der Waals surface area contributed by atoms with E-state index < -0.39 is 11.6 Å². The lowest BCUT2D eigenvalue weighted by molar-refractivity contribution is 0.553. The number of rotatable bonds is 4. The number of guanidine groups is 1. The Morgan fingerprint density at radius 3 is 2.61 bits per heavy atom. The van der Waals surface area contributed by atoms with Crippen LogP contribution in [-0.2, 0) is 6.54 Å². The fourth-order valence-electron chi connectivity index (χ4n) is 3.40. The minimum absolute atomic E-state index is 0. The van der Waals surface area contributed by atoms with E-state index in [0.717, 1.165) is 16.5 Å². The monoisotopic (exact) mass is 494 g/mol. The van der Waals surface area contributed by atoms with E-state index in [1.165, 1.54) is 18.2 Å². The molecule has 1 aliphatic carbocycles. The third kappa shape index (κ3) is 4.24. The number of nitrogens with one attached hydrogen (secondary N) is 2. The van der Waals surface area contributed by atoms with E-state index >= 15 is 0 Å². The van der Waals surface area contributed by atoms with Gasteiger partial charge in [0.25, 0.3) is 0 Å². The number of hydrogen-bond acceptors (Lipinski definition) is 2. The molecular weight excluding hydrogens is 473 g/mol. The van der Waals surface area contributed by atoms with Gasteiger partial charge in [-0.25, -0.2) is 8.78 Å². The van der Waals surface area contributed by atoms with Gasteiger partial charge in [0.2, 0.25) is 0 Å². The summed E-state index contributed by atoms with van der Waals surface area (Å²) in [4.78, 5) is 8.59. The smallest absolute Gasteiger partial charge is 0.191 e. The number of benzene rings is 2. The van der Waals surface area contributed by atoms with Gasteiger partial charge in [0.1, 0.15) is 11.6 Å². The zero-order valence-electron chi connectivity index (χ0n) is 15.3. The molecule has 0 aliphatic heterocycles. The van der Waals surface area contributed by atoms with Crippen LogP contribution in [0.4, 0.5) is 8.78 Å². The van der Waals surface area contributed by atoms with Crippen LogP contribution in [0.1, 0.15) is 23.5 Å². The predicted molar refractivity (Wildman–Crippen MR) is 118 cm³/mol. The van der Waals surface area contributed by atoms with Crippen molar-refractivity contribution in [2.24, 2.45) is 4.99 Å². The Bertz CT molecular complexity index is 983. The number of para-hydroxylation sites is 1. The van der Waals surface area contributed by atoms with Crippen LogP contribution in [0, 0.1) is 11.6 Å². The van der Waals surface area contributed by atoms with Gasteiger partial charge in [0.05, 0.1) is 5.52 Å². The van der Waals surface area contributed by atoms with Gasteiger partial charge < -0.3 is 10.6 Å². The molecule has 2 N–H and O–H groups in total. The lowest BCUT2D eigenvalue weighted by Crippen LogP contribution is -2.38. The van der Waals surface area contributed by atoms with Gasteiger partial charge in [-0.3, -0.25) is 9.98 Å². The van der Waals surface area contributed by atoms with Crippen molar-refractivity contribution in [3.63, 3.8) is 0 Å². The topological polar surface area (TPSA) is 49.3 Å². The molecule has 4 nitrogen and oxygen atoms in total. The first-order chi connectivity index (χ1) is 13.2.